The van der Waals surface area contributed by atoms with Crippen molar-refractivity contribution in [3.63, 3.8) is 0 Å². The SMILES string of the molecule is CSCC(C)N.CSCC(C)NC(=O)c1c(I)cccc1C(=O)Nc1ccc(Cn2nc(C(F)(F)F)cc2C(F)(F)F)cc1C.Cc1cc(Cn2nc(C(F)(F)F)cc2C(F)(F)F)ccc1NC(=O)c1cccc(I)c1C(=O)O. The van der Waals surface area contributed by atoms with Crippen LogP contribution < -0.4 is 21.7 Å². The molecule has 6 rings (SSSR count). The number of anilines is 2. The number of hydrogen-bond acceptors (Lipinski definition) is 9. The number of rotatable bonds is 15. The molecular weight excluding hydrogens is 1340 g/mol. The molecule has 13 nitrogen and oxygen atoms in total. The summed E-state index contributed by atoms with van der Waals surface area (Å²) in [5, 5.41) is 23.7. The summed E-state index contributed by atoms with van der Waals surface area (Å²) in [5.41, 5.74) is 0.917. The molecule has 29 heteroatoms. The molecule has 0 bridgehead atoms. The maximum absolute atomic E-state index is 13.3. The van der Waals surface area contributed by atoms with E-state index in [1.54, 1.807) is 65.2 Å². The molecule has 0 radical (unpaired) electrons. The Morgan fingerprint density at radius 1 is 0.595 bits per heavy atom. The summed E-state index contributed by atoms with van der Waals surface area (Å²) in [5.74, 6) is -1.24. The molecule has 2 aromatic heterocycles. The summed E-state index contributed by atoms with van der Waals surface area (Å²) in [4.78, 5) is 50.2. The van der Waals surface area contributed by atoms with Gasteiger partial charge in [-0.1, -0.05) is 36.4 Å². The van der Waals surface area contributed by atoms with E-state index < -0.39 is 84.3 Å². The van der Waals surface area contributed by atoms with Gasteiger partial charge in [0.1, 0.15) is 11.4 Å². The molecule has 0 aliphatic carbocycles. The monoisotopic (exact) mass is 1390 g/mol. The highest BCUT2D eigenvalue weighted by Crippen LogP contribution is 2.37. The fourth-order valence-corrected chi connectivity index (χ4v) is 9.77. The zero-order chi connectivity index (χ0) is 59.5. The van der Waals surface area contributed by atoms with E-state index in [2.05, 4.69) is 32.4 Å². The van der Waals surface area contributed by atoms with Crippen LogP contribution in [0, 0.1) is 21.0 Å². The first-order valence-electron chi connectivity index (χ1n) is 22.7. The third-order valence-electron chi connectivity index (χ3n) is 10.6. The second kappa shape index (κ2) is 27.8. The summed E-state index contributed by atoms with van der Waals surface area (Å²) >= 11 is 7.10. The first-order valence-corrected chi connectivity index (χ1v) is 27.6. The van der Waals surface area contributed by atoms with E-state index >= 15 is 0 Å². The van der Waals surface area contributed by atoms with Gasteiger partial charge in [-0.2, -0.15) is 86.4 Å². The van der Waals surface area contributed by atoms with Crippen LogP contribution in [-0.2, 0) is 37.8 Å². The number of carboxylic acids is 1. The summed E-state index contributed by atoms with van der Waals surface area (Å²) in [6.45, 7) is 5.80. The average Bonchev–Trinajstić information content (AvgIpc) is 3.99. The van der Waals surface area contributed by atoms with Crippen molar-refractivity contribution >= 4 is 104 Å². The van der Waals surface area contributed by atoms with Crippen molar-refractivity contribution in [2.45, 2.75) is 77.6 Å². The number of amides is 3. The lowest BCUT2D eigenvalue weighted by molar-refractivity contribution is -0.145. The largest absolute Gasteiger partial charge is 0.478 e. The lowest BCUT2D eigenvalue weighted by atomic mass is 10.0. The first-order chi connectivity index (χ1) is 36.6. The van der Waals surface area contributed by atoms with Gasteiger partial charge in [0.15, 0.2) is 11.4 Å². The lowest BCUT2D eigenvalue weighted by Crippen LogP contribution is -2.36. The van der Waals surface area contributed by atoms with Crippen LogP contribution in [-0.4, -0.2) is 84.5 Å². The number of nitrogens with two attached hydrogens (primary N) is 1. The van der Waals surface area contributed by atoms with Crippen molar-refractivity contribution < 1.29 is 77.0 Å². The van der Waals surface area contributed by atoms with E-state index in [1.807, 2.05) is 42.7 Å². The molecule has 0 aliphatic rings. The number of carboxylic acid groups (broad SMARTS) is 1. The van der Waals surface area contributed by atoms with Gasteiger partial charge in [-0.25, -0.2) is 4.79 Å². The number of hydrogen-bond donors (Lipinski definition) is 5. The second-order valence-electron chi connectivity index (χ2n) is 17.2. The van der Waals surface area contributed by atoms with Crippen LogP contribution in [0.3, 0.4) is 0 Å². The zero-order valence-electron chi connectivity index (χ0n) is 42.1. The Labute approximate surface area is 479 Å². The van der Waals surface area contributed by atoms with E-state index in [4.69, 9.17) is 5.73 Å². The molecule has 79 heavy (non-hydrogen) atoms. The minimum Gasteiger partial charge on any atom is -0.478 e. The number of aromatic carboxylic acids is 1. The number of aromatic nitrogens is 4. The standard InChI is InChI=1S/C25H23F6IN4O2S.C21H14F6IN3O3.C4H11NS/c1-13-9-15(11-36-20(25(29,30)31)10-19(35-36)24(26,27)28)7-8-18(13)34-22(37)16-5-4-6-17(32)21(16)23(38)33-14(2)12-39-3;1-10-7-11(9-31-16(21(25,26)27)8-15(30-31)20(22,23)24)5-6-14(10)29-18(32)12-3-2-4-13(28)17(12)19(33)34;1-4(5)3-6-2/h4-10,14H,11-12H2,1-3H3,(H,33,38)(H,34,37);2-8H,9H2,1H3,(H,29,32)(H,33,34);4H,3,5H2,1-2H3. The smallest absolute Gasteiger partial charge is 0.435 e. The number of thioether (sulfide) groups is 2. The number of benzene rings is 4. The lowest BCUT2D eigenvalue weighted by Gasteiger charge is -2.17. The van der Waals surface area contributed by atoms with Gasteiger partial charge < -0.3 is 26.8 Å². The van der Waals surface area contributed by atoms with Gasteiger partial charge in [-0.3, -0.25) is 23.7 Å². The second-order valence-corrected chi connectivity index (χ2v) is 21.4. The Kier molecular flexibility index (Phi) is 23.2. The van der Waals surface area contributed by atoms with Gasteiger partial charge in [-0.15, -0.1) is 0 Å². The van der Waals surface area contributed by atoms with Crippen LogP contribution in [0.5, 0.6) is 0 Å². The van der Waals surface area contributed by atoms with Gasteiger partial charge in [0, 0.05) is 54.2 Å². The van der Waals surface area contributed by atoms with Crippen LogP contribution in [0.15, 0.2) is 84.9 Å². The first kappa shape index (κ1) is 66.0. The number of nitrogens with one attached hydrogen (secondary N) is 3. The summed E-state index contributed by atoms with van der Waals surface area (Å²) in [7, 11) is 0. The number of alkyl halides is 12. The number of carbonyl (C=O) groups excluding carboxylic acids is 3. The maximum Gasteiger partial charge on any atom is 0.435 e. The van der Waals surface area contributed by atoms with Gasteiger partial charge in [0.2, 0.25) is 0 Å². The van der Waals surface area contributed by atoms with Gasteiger partial charge in [0.25, 0.3) is 17.7 Å². The van der Waals surface area contributed by atoms with Crippen molar-refractivity contribution in [2.75, 3.05) is 34.7 Å². The van der Waals surface area contributed by atoms with Crippen LogP contribution in [0.25, 0.3) is 0 Å². The van der Waals surface area contributed by atoms with Crippen molar-refractivity contribution in [3.8, 4) is 0 Å². The molecule has 0 saturated carbocycles. The van der Waals surface area contributed by atoms with Crippen LogP contribution in [0.4, 0.5) is 64.1 Å². The predicted octanol–water partition coefficient (Wildman–Crippen LogP) is 13.1. The number of halogens is 14. The minimum atomic E-state index is -5.05. The highest BCUT2D eigenvalue weighted by atomic mass is 127. The van der Waals surface area contributed by atoms with Crippen molar-refractivity contribution in [2.24, 2.45) is 5.73 Å². The third kappa shape index (κ3) is 18.8. The number of aryl methyl sites for hydroxylation is 2. The molecule has 0 fully saturated rings. The van der Waals surface area contributed by atoms with E-state index in [9.17, 15) is 77.0 Å². The molecule has 3 amide bonds. The molecule has 0 spiro atoms. The molecule has 2 atom stereocenters. The Bertz CT molecular complexity index is 3150. The summed E-state index contributed by atoms with van der Waals surface area (Å²) in [6, 6.07) is 17.7. The van der Waals surface area contributed by atoms with Crippen LogP contribution in [0.1, 0.15) is 100 Å². The topological polar surface area (TPSA) is 186 Å². The fourth-order valence-electron chi connectivity index (χ4n) is 7.19. The van der Waals surface area contributed by atoms with Crippen LogP contribution in [0.2, 0.25) is 0 Å². The van der Waals surface area contributed by atoms with E-state index in [0.717, 1.165) is 5.75 Å². The fraction of sp³-hybridized carbons (Fsp3) is 0.320. The molecule has 428 valence electrons. The van der Waals surface area contributed by atoms with Crippen LogP contribution >= 0.6 is 68.7 Å². The molecule has 0 saturated heterocycles. The molecule has 4 aromatic carbocycles. The molecule has 0 aliphatic heterocycles. The normalized spacial score (nSPS) is 12.6. The van der Waals surface area contributed by atoms with Crippen molar-refractivity contribution in [1.29, 1.82) is 0 Å². The minimum absolute atomic E-state index is 0.0295. The van der Waals surface area contributed by atoms with Crippen molar-refractivity contribution in [1.82, 2.24) is 24.9 Å². The number of carbonyl (C=O) groups is 4. The van der Waals surface area contributed by atoms with Gasteiger partial charge in [-0.05, 0) is 144 Å². The van der Waals surface area contributed by atoms with Gasteiger partial charge >= 0.3 is 30.7 Å². The van der Waals surface area contributed by atoms with E-state index in [-0.39, 0.29) is 66.6 Å². The zero-order valence-corrected chi connectivity index (χ0v) is 48.1. The summed E-state index contributed by atoms with van der Waals surface area (Å²) < 4.78 is 158. The maximum atomic E-state index is 13.3. The number of nitrogens with zero attached hydrogens (tertiary/aromatic N) is 4. The Morgan fingerprint density at radius 3 is 1.32 bits per heavy atom. The summed E-state index contributed by atoms with van der Waals surface area (Å²) in [6.07, 6.45) is -16.2. The third-order valence-corrected chi connectivity index (χ3v) is 14.1. The molecule has 2 unspecified atom stereocenters. The quantitative estimate of drug-likeness (QED) is 0.0489. The Morgan fingerprint density at radius 2 is 0.987 bits per heavy atom. The molecular formula is C50H48F12I2N8O5S2. The van der Waals surface area contributed by atoms with E-state index in [1.165, 1.54) is 67.6 Å². The average molecular weight is 1390 g/mol. The van der Waals surface area contributed by atoms with Crippen molar-refractivity contribution in [3.05, 3.63) is 159 Å². The molecule has 6 N–H and O–H groups in total. The van der Waals surface area contributed by atoms with Gasteiger partial charge in [0.05, 0.1) is 35.3 Å². The molecule has 2 heterocycles. The van der Waals surface area contributed by atoms with E-state index in [0.29, 0.717) is 35.7 Å². The highest BCUT2D eigenvalue weighted by molar-refractivity contribution is 14.1. The highest BCUT2D eigenvalue weighted by Gasteiger charge is 2.43. The Hall–Kier alpha value is -5.54. The predicted molar refractivity (Wildman–Crippen MR) is 294 cm³/mol. The Balaban J connectivity index is 0.000000311. The molecule has 6 aromatic rings.